The number of nitrogens with zero attached hydrogens (tertiary/aromatic N) is 4. The molecule has 0 fully saturated rings. The molecule has 6 nitrogen and oxygen atoms in total. The van der Waals surface area contributed by atoms with Gasteiger partial charge < -0.3 is 5.32 Å². The fourth-order valence-corrected chi connectivity index (χ4v) is 3.15. The van der Waals surface area contributed by atoms with Gasteiger partial charge in [0, 0.05) is 18.8 Å². The molecule has 2 heterocycles. The Labute approximate surface area is 142 Å². The number of carbonyl (C=O) groups excluding carboxylic acids is 1. The monoisotopic (exact) mass is 349 g/mol. The van der Waals surface area contributed by atoms with E-state index in [1.165, 1.54) is 11.3 Å². The molecule has 120 valence electrons. The van der Waals surface area contributed by atoms with Crippen LogP contribution in [-0.2, 0) is 11.2 Å². The first-order chi connectivity index (χ1) is 11.0. The van der Waals surface area contributed by atoms with E-state index in [2.05, 4.69) is 20.6 Å². The quantitative estimate of drug-likeness (QED) is 0.764. The van der Waals surface area contributed by atoms with Crippen molar-refractivity contribution >= 4 is 39.5 Å². The molecule has 1 N–H and O–H groups in total. The zero-order chi connectivity index (χ0) is 16.4. The number of fused-ring (bicyclic) bond motifs is 1. The van der Waals surface area contributed by atoms with Crippen LogP contribution < -0.4 is 5.32 Å². The molecule has 0 spiro atoms. The second-order valence-electron chi connectivity index (χ2n) is 5.43. The van der Waals surface area contributed by atoms with E-state index in [-0.39, 0.29) is 11.8 Å². The number of halogens is 1. The number of nitrogens with one attached hydrogen (secondary N) is 1. The van der Waals surface area contributed by atoms with Gasteiger partial charge in [-0.3, -0.25) is 4.79 Å². The average Bonchev–Trinajstić information content (AvgIpc) is 3.07. The van der Waals surface area contributed by atoms with E-state index in [1.807, 2.05) is 26.0 Å². The number of carbonyl (C=O) groups is 1. The van der Waals surface area contributed by atoms with Crippen molar-refractivity contribution in [2.45, 2.75) is 32.6 Å². The minimum atomic E-state index is -0.0897. The van der Waals surface area contributed by atoms with Crippen LogP contribution in [0.3, 0.4) is 0 Å². The standard InChI is InChI=1S/C15H16ClN5OS/c1-9(2)14-18-19-15-21(14)20-13(23-15)8-7-12(22)17-11-6-4-3-5-10(11)16/h3-6,9H,7-8H2,1-2H3,(H,17,22). The van der Waals surface area contributed by atoms with Gasteiger partial charge in [0.05, 0.1) is 10.7 Å². The van der Waals surface area contributed by atoms with E-state index in [0.717, 1.165) is 15.8 Å². The third-order valence-corrected chi connectivity index (χ3v) is 4.58. The predicted molar refractivity (Wildman–Crippen MR) is 91.2 cm³/mol. The Morgan fingerprint density at radius 3 is 2.87 bits per heavy atom. The van der Waals surface area contributed by atoms with Gasteiger partial charge in [-0.15, -0.1) is 10.2 Å². The Kier molecular flexibility index (Phi) is 4.58. The van der Waals surface area contributed by atoms with Gasteiger partial charge in [-0.2, -0.15) is 9.61 Å². The van der Waals surface area contributed by atoms with E-state index in [4.69, 9.17) is 11.6 Å². The van der Waals surface area contributed by atoms with Crippen LogP contribution in [0.4, 0.5) is 5.69 Å². The van der Waals surface area contributed by atoms with Crippen LogP contribution in [0.5, 0.6) is 0 Å². The molecule has 8 heteroatoms. The van der Waals surface area contributed by atoms with Gasteiger partial charge in [0.2, 0.25) is 10.9 Å². The van der Waals surface area contributed by atoms with Gasteiger partial charge in [0.15, 0.2) is 5.82 Å². The Balaban J connectivity index is 1.64. The Morgan fingerprint density at radius 2 is 2.13 bits per heavy atom. The summed E-state index contributed by atoms with van der Waals surface area (Å²) in [4.78, 5) is 12.8. The second-order valence-corrected chi connectivity index (χ2v) is 6.88. The number of para-hydroxylation sites is 1. The molecule has 3 rings (SSSR count). The first-order valence-electron chi connectivity index (χ1n) is 7.30. The maximum atomic E-state index is 12.0. The zero-order valence-electron chi connectivity index (χ0n) is 12.8. The first-order valence-corrected chi connectivity index (χ1v) is 8.49. The van der Waals surface area contributed by atoms with Crippen molar-refractivity contribution in [2.75, 3.05) is 5.32 Å². The lowest BCUT2D eigenvalue weighted by Crippen LogP contribution is -2.12. The van der Waals surface area contributed by atoms with Crippen molar-refractivity contribution in [3.8, 4) is 0 Å². The number of benzene rings is 1. The van der Waals surface area contributed by atoms with Gasteiger partial charge in [0.1, 0.15) is 5.01 Å². The Hall–Kier alpha value is -1.99. The Morgan fingerprint density at radius 1 is 1.35 bits per heavy atom. The smallest absolute Gasteiger partial charge is 0.234 e. The fraction of sp³-hybridized carbons (Fsp3) is 0.333. The molecule has 0 aliphatic carbocycles. The van der Waals surface area contributed by atoms with Crippen molar-refractivity contribution in [3.63, 3.8) is 0 Å². The van der Waals surface area contributed by atoms with Crippen molar-refractivity contribution in [3.05, 3.63) is 40.1 Å². The Bertz CT molecular complexity index is 841. The summed E-state index contributed by atoms with van der Waals surface area (Å²) >= 11 is 7.49. The SMILES string of the molecule is CC(C)c1nnc2sc(CCC(=O)Nc3ccccc3Cl)nn12. The third-order valence-electron chi connectivity index (χ3n) is 3.29. The first kappa shape index (κ1) is 15.9. The highest BCUT2D eigenvalue weighted by Crippen LogP contribution is 2.22. The van der Waals surface area contributed by atoms with E-state index in [9.17, 15) is 4.79 Å². The minimum Gasteiger partial charge on any atom is -0.325 e. The predicted octanol–water partition coefficient (Wildman–Crippen LogP) is 3.53. The molecule has 1 aromatic carbocycles. The summed E-state index contributed by atoms with van der Waals surface area (Å²) in [5.41, 5.74) is 0.624. The van der Waals surface area contributed by atoms with Crippen LogP contribution >= 0.6 is 22.9 Å². The molecule has 0 saturated carbocycles. The van der Waals surface area contributed by atoms with Crippen molar-refractivity contribution < 1.29 is 4.79 Å². The molecule has 0 aliphatic heterocycles. The molecule has 1 amide bonds. The molecule has 0 saturated heterocycles. The molecule has 0 unspecified atom stereocenters. The fourth-order valence-electron chi connectivity index (χ4n) is 2.13. The molecule has 0 aliphatic rings. The zero-order valence-corrected chi connectivity index (χ0v) is 14.4. The van der Waals surface area contributed by atoms with Crippen molar-refractivity contribution in [1.29, 1.82) is 0 Å². The largest absolute Gasteiger partial charge is 0.325 e. The molecule has 0 radical (unpaired) electrons. The summed E-state index contributed by atoms with van der Waals surface area (Å²) < 4.78 is 1.76. The minimum absolute atomic E-state index is 0.0897. The molecule has 0 bridgehead atoms. The number of anilines is 1. The van der Waals surface area contributed by atoms with E-state index in [1.54, 1.807) is 16.6 Å². The van der Waals surface area contributed by atoms with E-state index >= 15 is 0 Å². The van der Waals surface area contributed by atoms with Gasteiger partial charge in [-0.05, 0) is 12.1 Å². The normalized spacial score (nSPS) is 11.3. The van der Waals surface area contributed by atoms with Crippen LogP contribution in [0.15, 0.2) is 24.3 Å². The van der Waals surface area contributed by atoms with E-state index in [0.29, 0.717) is 23.6 Å². The van der Waals surface area contributed by atoms with Gasteiger partial charge in [0.25, 0.3) is 0 Å². The molecular weight excluding hydrogens is 334 g/mol. The van der Waals surface area contributed by atoms with Crippen molar-refractivity contribution in [2.24, 2.45) is 0 Å². The number of rotatable bonds is 5. The summed E-state index contributed by atoms with van der Waals surface area (Å²) in [5, 5.41) is 16.9. The summed E-state index contributed by atoms with van der Waals surface area (Å²) in [6.45, 7) is 4.10. The number of aromatic nitrogens is 4. The third kappa shape index (κ3) is 3.51. The maximum Gasteiger partial charge on any atom is 0.234 e. The number of aryl methyl sites for hydroxylation is 1. The maximum absolute atomic E-state index is 12.0. The van der Waals surface area contributed by atoms with Crippen molar-refractivity contribution in [1.82, 2.24) is 19.8 Å². The van der Waals surface area contributed by atoms with Crippen LogP contribution in [0.25, 0.3) is 4.96 Å². The summed E-state index contributed by atoms with van der Waals surface area (Å²) in [7, 11) is 0. The lowest BCUT2D eigenvalue weighted by Gasteiger charge is -2.05. The highest BCUT2D eigenvalue weighted by molar-refractivity contribution is 7.16. The second kappa shape index (κ2) is 6.64. The number of hydrogen-bond acceptors (Lipinski definition) is 5. The van der Waals surface area contributed by atoms with Gasteiger partial charge in [-0.25, -0.2) is 0 Å². The topological polar surface area (TPSA) is 72.2 Å². The summed E-state index contributed by atoms with van der Waals surface area (Å²) in [6.07, 6.45) is 0.897. The highest BCUT2D eigenvalue weighted by Gasteiger charge is 2.15. The average molecular weight is 350 g/mol. The molecule has 23 heavy (non-hydrogen) atoms. The lowest BCUT2D eigenvalue weighted by atomic mass is 10.2. The molecule has 2 aromatic heterocycles. The number of hydrogen-bond donors (Lipinski definition) is 1. The highest BCUT2D eigenvalue weighted by atomic mass is 35.5. The van der Waals surface area contributed by atoms with Crippen LogP contribution in [0.1, 0.15) is 37.0 Å². The lowest BCUT2D eigenvalue weighted by molar-refractivity contribution is -0.116. The van der Waals surface area contributed by atoms with E-state index < -0.39 is 0 Å². The van der Waals surface area contributed by atoms with Crippen LogP contribution in [0.2, 0.25) is 5.02 Å². The summed E-state index contributed by atoms with van der Waals surface area (Å²) in [5.74, 6) is 1.000. The summed E-state index contributed by atoms with van der Waals surface area (Å²) in [6, 6.07) is 7.17. The van der Waals surface area contributed by atoms with Crippen LogP contribution in [-0.4, -0.2) is 25.7 Å². The van der Waals surface area contributed by atoms with Crippen LogP contribution in [0, 0.1) is 0 Å². The molecule has 0 atom stereocenters. The van der Waals surface area contributed by atoms with Gasteiger partial charge in [-0.1, -0.05) is 48.9 Å². The van der Waals surface area contributed by atoms with Gasteiger partial charge >= 0.3 is 0 Å². The molecule has 3 aromatic rings. The number of amides is 1. The molecular formula is C15H16ClN5OS.